The van der Waals surface area contributed by atoms with Crippen LogP contribution >= 0.6 is 22.7 Å². The molecule has 0 aliphatic heterocycles. The van der Waals surface area contributed by atoms with Crippen molar-refractivity contribution in [2.75, 3.05) is 17.2 Å². The van der Waals surface area contributed by atoms with Gasteiger partial charge in [0.1, 0.15) is 22.8 Å². The fraction of sp³-hybridized carbons (Fsp3) is 0.0455. The molecule has 304 valence electrons. The van der Waals surface area contributed by atoms with Crippen molar-refractivity contribution in [3.63, 3.8) is 0 Å². The third-order valence-corrected chi connectivity index (χ3v) is 11.1. The van der Waals surface area contributed by atoms with Gasteiger partial charge in [0.15, 0.2) is 9.92 Å². The molecular weight excluding hydrogens is 829 g/mol. The number of esters is 1. The van der Waals surface area contributed by atoms with E-state index in [1.54, 1.807) is 58.7 Å². The van der Waals surface area contributed by atoms with Crippen molar-refractivity contribution in [3.05, 3.63) is 155 Å². The number of benzene rings is 4. The molecule has 0 radical (unpaired) electrons. The van der Waals surface area contributed by atoms with Crippen LogP contribution in [0.5, 0.6) is 0 Å². The number of para-hydroxylation sites is 6. The van der Waals surface area contributed by atoms with Gasteiger partial charge in [0.25, 0.3) is 11.8 Å². The molecule has 2 amide bonds. The van der Waals surface area contributed by atoms with Crippen molar-refractivity contribution in [1.29, 1.82) is 0 Å². The summed E-state index contributed by atoms with van der Waals surface area (Å²) in [5.41, 5.74) is 7.39. The molecule has 6 aromatic heterocycles. The van der Waals surface area contributed by atoms with Gasteiger partial charge in [-0.05, 0) is 43.3 Å². The van der Waals surface area contributed by atoms with E-state index in [1.165, 1.54) is 39.5 Å². The molecule has 0 bridgehead atoms. The quantitative estimate of drug-likeness (QED) is 0.117. The van der Waals surface area contributed by atoms with E-state index in [2.05, 4.69) is 40.5 Å². The monoisotopic (exact) mass is 858 g/mol. The van der Waals surface area contributed by atoms with Gasteiger partial charge in [-0.3, -0.25) is 28.4 Å². The van der Waals surface area contributed by atoms with Gasteiger partial charge >= 0.3 is 11.9 Å². The number of imidazole rings is 2. The number of rotatable bonds is 9. The zero-order valence-corrected chi connectivity index (χ0v) is 33.9. The van der Waals surface area contributed by atoms with Crippen molar-refractivity contribution >= 4 is 89.8 Å². The second kappa shape index (κ2) is 16.8. The normalized spacial score (nSPS) is 11.0. The first-order chi connectivity index (χ1) is 30.2. The number of thiazole rings is 2. The van der Waals surface area contributed by atoms with E-state index in [9.17, 15) is 24.3 Å². The van der Waals surface area contributed by atoms with E-state index in [4.69, 9.17) is 4.74 Å². The maximum Gasteiger partial charge on any atom is 0.356 e. The van der Waals surface area contributed by atoms with Gasteiger partial charge in [-0.25, -0.2) is 29.5 Å². The number of nitrogens with one attached hydrogen (secondary N) is 2. The lowest BCUT2D eigenvalue weighted by atomic mass is 10.1. The van der Waals surface area contributed by atoms with E-state index >= 15 is 0 Å². The summed E-state index contributed by atoms with van der Waals surface area (Å²) in [5, 5.41) is 18.3. The Kier molecular flexibility index (Phi) is 10.6. The zero-order valence-electron chi connectivity index (χ0n) is 32.3. The molecular formula is C44H30N10O6S2. The van der Waals surface area contributed by atoms with Gasteiger partial charge in [0.05, 0.1) is 63.8 Å². The number of aromatic nitrogens is 8. The number of carboxylic acid groups (broad SMARTS) is 1. The van der Waals surface area contributed by atoms with Gasteiger partial charge in [-0.2, -0.15) is 0 Å². The topological polar surface area (TPSA) is 208 Å². The number of nitrogens with zero attached hydrogens (tertiary/aromatic N) is 8. The molecule has 0 saturated carbocycles. The molecule has 0 aliphatic rings. The summed E-state index contributed by atoms with van der Waals surface area (Å²) in [7, 11) is 0. The summed E-state index contributed by atoms with van der Waals surface area (Å²) in [6, 6.07) is 29.2. The van der Waals surface area contributed by atoms with Crippen molar-refractivity contribution in [2.24, 2.45) is 0 Å². The lowest BCUT2D eigenvalue weighted by Gasteiger charge is -2.09. The van der Waals surface area contributed by atoms with Crippen LogP contribution in [0.25, 0.3) is 54.5 Å². The Balaban J connectivity index is 0.000000158. The molecule has 0 fully saturated rings. The van der Waals surface area contributed by atoms with Gasteiger partial charge < -0.3 is 20.5 Å². The number of ether oxygens (including phenoxy) is 1. The summed E-state index contributed by atoms with van der Waals surface area (Å²) in [6.07, 6.45) is 6.31. The Morgan fingerprint density at radius 3 is 1.52 bits per heavy atom. The molecule has 0 aliphatic carbocycles. The Hall–Kier alpha value is -8.22. The Morgan fingerprint density at radius 1 is 0.597 bits per heavy atom. The lowest BCUT2D eigenvalue weighted by molar-refractivity contribution is 0.0517. The molecule has 62 heavy (non-hydrogen) atoms. The fourth-order valence-corrected chi connectivity index (χ4v) is 8.16. The minimum atomic E-state index is -1.03. The lowest BCUT2D eigenvalue weighted by Crippen LogP contribution is -2.14. The third-order valence-electron chi connectivity index (χ3n) is 9.39. The second-order valence-electron chi connectivity index (χ2n) is 13.3. The Bertz CT molecular complexity index is 3360. The number of carbonyl (C=O) groups is 4. The molecule has 10 rings (SSSR count). The highest BCUT2D eigenvalue weighted by Gasteiger charge is 2.20. The number of carbonyl (C=O) groups excluding carboxylic acids is 3. The highest BCUT2D eigenvalue weighted by molar-refractivity contribution is 7.15. The molecule has 10 aromatic rings. The SMILES string of the molecule is CCOC(=O)c1csc2nc(-c3ccccc3NC(=O)c3cnc4ccccc4n3)cn12.O=C(Nc1ccccc1-c1cn2c(C(=O)O)csc2n1)c1cnc2ccccc2n1. The minimum Gasteiger partial charge on any atom is -0.477 e. The van der Waals surface area contributed by atoms with Crippen LogP contribution in [0.1, 0.15) is 48.9 Å². The predicted molar refractivity (Wildman–Crippen MR) is 235 cm³/mol. The van der Waals surface area contributed by atoms with Crippen molar-refractivity contribution in [1.82, 2.24) is 38.7 Å². The minimum absolute atomic E-state index is 0.140. The maximum atomic E-state index is 12.9. The summed E-state index contributed by atoms with van der Waals surface area (Å²) in [6.45, 7) is 2.06. The highest BCUT2D eigenvalue weighted by Crippen LogP contribution is 2.31. The summed E-state index contributed by atoms with van der Waals surface area (Å²) < 4.78 is 8.34. The van der Waals surface area contributed by atoms with Crippen LogP contribution in [0.4, 0.5) is 11.4 Å². The average molecular weight is 859 g/mol. The molecule has 0 saturated heterocycles. The summed E-state index contributed by atoms with van der Waals surface area (Å²) >= 11 is 2.59. The van der Waals surface area contributed by atoms with Crippen LogP contribution in [0, 0.1) is 0 Å². The predicted octanol–water partition coefficient (Wildman–Crippen LogP) is 8.39. The largest absolute Gasteiger partial charge is 0.477 e. The van der Waals surface area contributed by atoms with Crippen LogP contribution in [0.3, 0.4) is 0 Å². The first kappa shape index (κ1) is 39.3. The van der Waals surface area contributed by atoms with Crippen LogP contribution in [-0.2, 0) is 4.74 Å². The number of hydrogen-bond acceptors (Lipinski definition) is 13. The van der Waals surface area contributed by atoms with Gasteiger partial charge in [-0.15, -0.1) is 22.7 Å². The van der Waals surface area contributed by atoms with Crippen LogP contribution < -0.4 is 10.6 Å². The molecule has 6 heterocycles. The van der Waals surface area contributed by atoms with Gasteiger partial charge in [-0.1, -0.05) is 60.7 Å². The highest BCUT2D eigenvalue weighted by atomic mass is 32.1. The summed E-state index contributed by atoms with van der Waals surface area (Å²) in [5.74, 6) is -2.20. The summed E-state index contributed by atoms with van der Waals surface area (Å²) in [4.78, 5) is 76.9. The van der Waals surface area contributed by atoms with Crippen molar-refractivity contribution in [2.45, 2.75) is 6.92 Å². The first-order valence-corrected chi connectivity index (χ1v) is 20.6. The number of aromatic carboxylic acids is 1. The molecule has 0 spiro atoms. The third kappa shape index (κ3) is 7.81. The molecule has 18 heteroatoms. The van der Waals surface area contributed by atoms with Crippen LogP contribution in [-0.4, -0.2) is 74.2 Å². The molecule has 0 unspecified atom stereocenters. The number of amides is 2. The molecule has 4 aromatic carbocycles. The number of anilines is 2. The zero-order chi connectivity index (χ0) is 42.7. The number of fused-ring (bicyclic) bond motifs is 4. The fourth-order valence-electron chi connectivity index (χ4n) is 6.47. The number of hydrogen-bond donors (Lipinski definition) is 3. The Labute approximate surface area is 358 Å². The van der Waals surface area contributed by atoms with E-state index < -0.39 is 17.8 Å². The smallest absolute Gasteiger partial charge is 0.356 e. The van der Waals surface area contributed by atoms with Gasteiger partial charge in [0.2, 0.25) is 0 Å². The van der Waals surface area contributed by atoms with Crippen molar-refractivity contribution in [3.8, 4) is 22.5 Å². The molecule has 16 nitrogen and oxygen atoms in total. The van der Waals surface area contributed by atoms with E-state index in [0.29, 0.717) is 67.1 Å². The average Bonchev–Trinajstić information content (AvgIpc) is 4.09. The molecule has 0 atom stereocenters. The second-order valence-corrected chi connectivity index (χ2v) is 15.0. The standard InChI is InChI=1S/C23H17N5O3S.C21H13N5O3S/c1-2-31-22(30)20-13-32-23-27-19(12-28(20)23)14-7-3-4-8-15(14)26-21(29)18-11-24-16-9-5-6-10-17(16)25-18;27-19(16-9-22-14-7-3-4-8-15(14)23-16)24-13-6-2-1-5-12(13)17-10-26-18(20(28)29)11-30-21(26)25-17/h3-13H,2H2,1H3,(H,26,29);1-11H,(H,24,27)(H,28,29). The molecule has 3 N–H and O–H groups in total. The van der Waals surface area contributed by atoms with E-state index in [1.807, 2.05) is 72.8 Å². The van der Waals surface area contributed by atoms with Crippen LogP contribution in [0.15, 0.2) is 133 Å². The van der Waals surface area contributed by atoms with Crippen LogP contribution in [0.2, 0.25) is 0 Å². The van der Waals surface area contributed by atoms with E-state index in [0.717, 1.165) is 11.1 Å². The van der Waals surface area contributed by atoms with Gasteiger partial charge in [0, 0.05) is 34.3 Å². The van der Waals surface area contributed by atoms with Crippen molar-refractivity contribution < 1.29 is 29.0 Å². The Morgan fingerprint density at radius 2 is 1.03 bits per heavy atom. The number of carboxylic acids is 1. The maximum absolute atomic E-state index is 12.9. The van der Waals surface area contributed by atoms with E-state index in [-0.39, 0.29) is 23.0 Å². The first-order valence-electron chi connectivity index (χ1n) is 18.8.